The minimum Gasteiger partial charge on any atom is -0.352 e. The third-order valence-corrected chi connectivity index (χ3v) is 5.03. The second kappa shape index (κ2) is 7.62. The molecule has 3 nitrogen and oxygen atoms in total. The van der Waals surface area contributed by atoms with Crippen LogP contribution in [0.1, 0.15) is 23.6 Å². The SMILES string of the molecule is O=C1SCCC1NC(=S)NC(c1ccccc1)c1ccccc1. The van der Waals surface area contributed by atoms with Gasteiger partial charge in [0.05, 0.1) is 12.1 Å². The Bertz CT molecular complexity index is 636. The minimum atomic E-state index is -0.174. The second-order valence-electron chi connectivity index (χ2n) is 5.38. The molecule has 23 heavy (non-hydrogen) atoms. The van der Waals surface area contributed by atoms with Gasteiger partial charge in [-0.05, 0) is 29.8 Å². The molecule has 0 amide bonds. The van der Waals surface area contributed by atoms with Gasteiger partial charge in [-0.25, -0.2) is 0 Å². The van der Waals surface area contributed by atoms with E-state index in [9.17, 15) is 4.79 Å². The van der Waals surface area contributed by atoms with Gasteiger partial charge in [0.2, 0.25) is 5.12 Å². The van der Waals surface area contributed by atoms with Crippen molar-refractivity contribution in [2.24, 2.45) is 0 Å². The van der Waals surface area contributed by atoms with Gasteiger partial charge in [-0.3, -0.25) is 4.79 Å². The number of benzene rings is 2. The number of thiocarbonyl (C=S) groups is 1. The minimum absolute atomic E-state index is 0.0402. The number of rotatable bonds is 4. The summed E-state index contributed by atoms with van der Waals surface area (Å²) in [5.41, 5.74) is 2.27. The molecular formula is C18H18N2OS2. The summed E-state index contributed by atoms with van der Waals surface area (Å²) >= 11 is 6.81. The average molecular weight is 342 g/mol. The van der Waals surface area contributed by atoms with E-state index in [4.69, 9.17) is 12.2 Å². The van der Waals surface area contributed by atoms with E-state index in [1.807, 2.05) is 36.4 Å². The first-order valence-corrected chi connectivity index (χ1v) is 8.97. The van der Waals surface area contributed by atoms with Crippen LogP contribution in [0.15, 0.2) is 60.7 Å². The highest BCUT2D eigenvalue weighted by Crippen LogP contribution is 2.22. The molecule has 0 radical (unpaired) electrons. The maximum atomic E-state index is 11.7. The Morgan fingerprint density at radius 1 is 1.04 bits per heavy atom. The number of hydrogen-bond acceptors (Lipinski definition) is 3. The Morgan fingerprint density at radius 2 is 1.61 bits per heavy atom. The summed E-state index contributed by atoms with van der Waals surface area (Å²) in [6.07, 6.45) is 0.826. The molecule has 0 aromatic heterocycles. The first-order chi connectivity index (χ1) is 11.2. The third-order valence-electron chi connectivity index (χ3n) is 3.78. The standard InChI is InChI=1S/C18H18N2OS2/c21-17-15(11-12-23-17)19-18(22)20-16(13-7-3-1-4-8-13)14-9-5-2-6-10-14/h1-10,15-16H,11-12H2,(H2,19,20,22). The van der Waals surface area contributed by atoms with Crippen molar-refractivity contribution >= 4 is 34.2 Å². The Kier molecular flexibility index (Phi) is 5.31. The molecule has 1 aliphatic heterocycles. The van der Waals surface area contributed by atoms with Crippen molar-refractivity contribution in [3.63, 3.8) is 0 Å². The molecule has 1 fully saturated rings. The lowest BCUT2D eigenvalue weighted by molar-refractivity contribution is -0.111. The normalized spacial score (nSPS) is 17.3. The van der Waals surface area contributed by atoms with Gasteiger partial charge in [0.15, 0.2) is 5.11 Å². The van der Waals surface area contributed by atoms with Gasteiger partial charge in [0.1, 0.15) is 0 Å². The molecule has 5 heteroatoms. The fourth-order valence-electron chi connectivity index (χ4n) is 2.61. The van der Waals surface area contributed by atoms with E-state index >= 15 is 0 Å². The zero-order valence-electron chi connectivity index (χ0n) is 12.6. The third kappa shape index (κ3) is 4.12. The second-order valence-corrected chi connectivity index (χ2v) is 6.89. The highest BCUT2D eigenvalue weighted by atomic mass is 32.2. The molecule has 0 spiro atoms. The fraction of sp³-hybridized carbons (Fsp3) is 0.222. The van der Waals surface area contributed by atoms with Crippen molar-refractivity contribution < 1.29 is 4.79 Å². The molecule has 1 atom stereocenters. The Balaban J connectivity index is 1.76. The van der Waals surface area contributed by atoms with Gasteiger partial charge >= 0.3 is 0 Å². The predicted molar refractivity (Wildman–Crippen MR) is 99.5 cm³/mol. The van der Waals surface area contributed by atoms with Gasteiger partial charge in [-0.1, -0.05) is 72.4 Å². The van der Waals surface area contributed by atoms with Crippen molar-refractivity contribution in [3.8, 4) is 0 Å². The average Bonchev–Trinajstić information content (AvgIpc) is 2.99. The van der Waals surface area contributed by atoms with Crippen molar-refractivity contribution in [3.05, 3.63) is 71.8 Å². The monoisotopic (exact) mass is 342 g/mol. The first kappa shape index (κ1) is 16.0. The molecule has 0 saturated carbocycles. The van der Waals surface area contributed by atoms with Crippen molar-refractivity contribution in [2.75, 3.05) is 5.75 Å². The molecule has 2 N–H and O–H groups in total. The van der Waals surface area contributed by atoms with Gasteiger partial charge < -0.3 is 10.6 Å². The highest BCUT2D eigenvalue weighted by molar-refractivity contribution is 8.14. The molecule has 1 aliphatic rings. The lowest BCUT2D eigenvalue weighted by Crippen LogP contribution is -2.44. The lowest BCUT2D eigenvalue weighted by Gasteiger charge is -2.23. The van der Waals surface area contributed by atoms with Crippen LogP contribution in [0.2, 0.25) is 0 Å². The molecule has 2 aromatic carbocycles. The molecular weight excluding hydrogens is 324 g/mol. The lowest BCUT2D eigenvalue weighted by atomic mass is 9.99. The van der Waals surface area contributed by atoms with Crippen molar-refractivity contribution in [2.45, 2.75) is 18.5 Å². The summed E-state index contributed by atoms with van der Waals surface area (Å²) in [4.78, 5) is 11.7. The first-order valence-electron chi connectivity index (χ1n) is 7.57. The topological polar surface area (TPSA) is 41.1 Å². The summed E-state index contributed by atoms with van der Waals surface area (Å²) in [7, 11) is 0. The van der Waals surface area contributed by atoms with Gasteiger partial charge in [-0.15, -0.1) is 0 Å². The number of thioether (sulfide) groups is 1. The molecule has 0 bridgehead atoms. The Hall–Kier alpha value is -1.85. The van der Waals surface area contributed by atoms with Crippen LogP contribution >= 0.6 is 24.0 Å². The molecule has 1 saturated heterocycles. The quantitative estimate of drug-likeness (QED) is 0.835. The number of carbonyl (C=O) groups is 1. The number of hydrogen-bond donors (Lipinski definition) is 2. The number of nitrogens with one attached hydrogen (secondary N) is 2. The molecule has 118 valence electrons. The van der Waals surface area contributed by atoms with Crippen molar-refractivity contribution in [1.29, 1.82) is 0 Å². The fourth-order valence-corrected chi connectivity index (χ4v) is 3.80. The molecule has 2 aromatic rings. The van der Waals surface area contributed by atoms with Crippen LogP contribution in [0, 0.1) is 0 Å². The van der Waals surface area contributed by atoms with Gasteiger partial charge in [-0.2, -0.15) is 0 Å². The summed E-state index contributed by atoms with van der Waals surface area (Å²) < 4.78 is 0. The molecule has 1 heterocycles. The molecule has 3 rings (SSSR count). The van der Waals surface area contributed by atoms with Gasteiger partial charge in [0.25, 0.3) is 0 Å². The van der Waals surface area contributed by atoms with Crippen LogP contribution in [0.25, 0.3) is 0 Å². The van der Waals surface area contributed by atoms with E-state index in [1.54, 1.807) is 0 Å². The summed E-state index contributed by atoms with van der Waals surface area (Å²) in [5.74, 6) is 0.861. The van der Waals surface area contributed by atoms with Crippen LogP contribution in [-0.4, -0.2) is 22.0 Å². The summed E-state index contributed by atoms with van der Waals surface area (Å²) in [6.45, 7) is 0. The molecule has 0 aliphatic carbocycles. The van der Waals surface area contributed by atoms with E-state index in [0.717, 1.165) is 23.3 Å². The zero-order chi connectivity index (χ0) is 16.1. The Morgan fingerprint density at radius 3 is 2.09 bits per heavy atom. The van der Waals surface area contributed by atoms with E-state index in [1.165, 1.54) is 11.8 Å². The smallest absolute Gasteiger partial charge is 0.211 e. The van der Waals surface area contributed by atoms with Crippen LogP contribution in [0.5, 0.6) is 0 Å². The van der Waals surface area contributed by atoms with Crippen LogP contribution in [0.4, 0.5) is 0 Å². The number of carbonyl (C=O) groups excluding carboxylic acids is 1. The summed E-state index contributed by atoms with van der Waals surface area (Å²) in [5, 5.41) is 7.19. The van der Waals surface area contributed by atoms with E-state index in [-0.39, 0.29) is 17.2 Å². The largest absolute Gasteiger partial charge is 0.352 e. The van der Waals surface area contributed by atoms with Crippen LogP contribution in [-0.2, 0) is 4.79 Å². The van der Waals surface area contributed by atoms with Crippen LogP contribution < -0.4 is 10.6 Å². The van der Waals surface area contributed by atoms with Crippen molar-refractivity contribution in [1.82, 2.24) is 10.6 Å². The van der Waals surface area contributed by atoms with E-state index in [0.29, 0.717) is 5.11 Å². The van der Waals surface area contributed by atoms with E-state index < -0.39 is 0 Å². The highest BCUT2D eigenvalue weighted by Gasteiger charge is 2.26. The maximum Gasteiger partial charge on any atom is 0.211 e. The van der Waals surface area contributed by atoms with Crippen LogP contribution in [0.3, 0.4) is 0 Å². The maximum absolute atomic E-state index is 11.7. The zero-order valence-corrected chi connectivity index (χ0v) is 14.2. The summed E-state index contributed by atoms with van der Waals surface area (Å²) in [6, 6.07) is 20.1. The van der Waals surface area contributed by atoms with Gasteiger partial charge in [0, 0.05) is 5.75 Å². The van der Waals surface area contributed by atoms with E-state index in [2.05, 4.69) is 34.9 Å². The predicted octanol–water partition coefficient (Wildman–Crippen LogP) is 3.27. The Labute approximate surface area is 145 Å². The molecule has 1 unspecified atom stereocenters.